The molecule has 0 bridgehead atoms. The molecule has 0 aromatic heterocycles. The van der Waals surface area contributed by atoms with Crippen LogP contribution in [0.1, 0.15) is 33.1 Å². The number of hydrogen-bond donors (Lipinski definition) is 0. The molecule has 1 heterocycles. The van der Waals surface area contributed by atoms with Crippen LogP contribution in [0.15, 0.2) is 151 Å². The molecule has 0 aliphatic carbocycles. The minimum absolute atomic E-state index is 0.189. The first-order chi connectivity index (χ1) is 19.9. The van der Waals surface area contributed by atoms with Crippen molar-refractivity contribution < 1.29 is 0 Å². The molecule has 5 aromatic rings. The molecular formula is C37H33NS2. The summed E-state index contributed by atoms with van der Waals surface area (Å²) in [5, 5.41) is 1.38. The number of nitrogens with zero attached hydrogens (tertiary/aromatic N) is 1. The molecule has 1 unspecified atom stereocenters. The quantitative estimate of drug-likeness (QED) is 0.179. The van der Waals surface area contributed by atoms with Crippen molar-refractivity contribution in [2.45, 2.75) is 23.5 Å². The highest BCUT2D eigenvalue weighted by molar-refractivity contribution is 8.14. The average molecular weight is 556 g/mol. The van der Waals surface area contributed by atoms with Gasteiger partial charge >= 0.3 is 0 Å². The van der Waals surface area contributed by atoms with E-state index in [-0.39, 0.29) is 10.7 Å². The number of fused-ring (bicyclic) bond motifs is 1. The third-order valence-electron chi connectivity index (χ3n) is 7.62. The number of aryl methyl sites for hydroxylation is 2. The zero-order chi connectivity index (χ0) is 27.0. The third kappa shape index (κ3) is 5.54. The summed E-state index contributed by atoms with van der Waals surface area (Å²) < 4.78 is 0. The fourth-order valence-corrected chi connectivity index (χ4v) is 8.63. The number of hydrogen-bond acceptors (Lipinski definition) is 3. The second-order valence-electron chi connectivity index (χ2n) is 10.1. The van der Waals surface area contributed by atoms with E-state index in [1.54, 1.807) is 0 Å². The largest absolute Gasteiger partial charge is 0.245 e. The van der Waals surface area contributed by atoms with Gasteiger partial charge in [0.25, 0.3) is 0 Å². The van der Waals surface area contributed by atoms with Crippen LogP contribution >= 0.6 is 23.5 Å². The fraction of sp³-hybridized carbons (Fsp3) is 0.162. The summed E-state index contributed by atoms with van der Waals surface area (Å²) in [5.41, 5.74) is 7.39. The van der Waals surface area contributed by atoms with Crippen molar-refractivity contribution in [2.75, 3.05) is 11.5 Å². The van der Waals surface area contributed by atoms with E-state index in [0.717, 1.165) is 30.0 Å². The van der Waals surface area contributed by atoms with Gasteiger partial charge in [0.2, 0.25) is 0 Å². The molecule has 1 atom stereocenters. The Kier molecular flexibility index (Phi) is 8.51. The van der Waals surface area contributed by atoms with Gasteiger partial charge in [-0.3, -0.25) is 0 Å². The Labute approximate surface area is 246 Å². The van der Waals surface area contributed by atoms with Crippen LogP contribution in [0.2, 0.25) is 0 Å². The van der Waals surface area contributed by atoms with Crippen LogP contribution in [0.4, 0.5) is 5.69 Å². The zero-order valence-electron chi connectivity index (χ0n) is 22.5. The summed E-state index contributed by atoms with van der Waals surface area (Å²) >= 11 is 3.99. The fourth-order valence-electron chi connectivity index (χ4n) is 5.68. The van der Waals surface area contributed by atoms with Gasteiger partial charge in [0.15, 0.2) is 0 Å². The predicted octanol–water partition coefficient (Wildman–Crippen LogP) is 9.71. The van der Waals surface area contributed by atoms with Gasteiger partial charge in [-0.25, -0.2) is 4.99 Å². The normalized spacial score (nSPS) is 15.7. The van der Waals surface area contributed by atoms with E-state index in [1.807, 2.05) is 11.8 Å². The lowest BCUT2D eigenvalue weighted by molar-refractivity contribution is 0.664. The Hall–Kier alpha value is -3.53. The van der Waals surface area contributed by atoms with E-state index < -0.39 is 0 Å². The monoisotopic (exact) mass is 555 g/mol. The maximum atomic E-state index is 5.47. The van der Waals surface area contributed by atoms with Crippen LogP contribution in [-0.2, 0) is 18.3 Å². The van der Waals surface area contributed by atoms with Gasteiger partial charge in [-0.15, -0.1) is 11.8 Å². The van der Waals surface area contributed by atoms with E-state index in [2.05, 4.69) is 157 Å². The van der Waals surface area contributed by atoms with E-state index >= 15 is 0 Å². The molecule has 0 fully saturated rings. The van der Waals surface area contributed by atoms with E-state index in [4.69, 9.17) is 4.99 Å². The van der Waals surface area contributed by atoms with Gasteiger partial charge in [-0.05, 0) is 52.5 Å². The Morgan fingerprint density at radius 2 is 1.00 bits per heavy atom. The van der Waals surface area contributed by atoms with Crippen LogP contribution in [0.5, 0.6) is 0 Å². The number of thioether (sulfide) groups is 2. The lowest BCUT2D eigenvalue weighted by atomic mass is 9.69. The van der Waals surface area contributed by atoms with E-state index in [1.165, 1.54) is 32.9 Å². The van der Waals surface area contributed by atoms with Crippen LogP contribution in [0.25, 0.3) is 0 Å². The number of para-hydroxylation sites is 1. The summed E-state index contributed by atoms with van der Waals surface area (Å²) in [6, 6.07) is 52.6. The number of rotatable bonds is 9. The molecule has 1 nitrogen and oxygen atoms in total. The Bertz CT molecular complexity index is 1490. The molecule has 0 saturated carbocycles. The minimum atomic E-state index is -0.389. The van der Waals surface area contributed by atoms with E-state index in [9.17, 15) is 0 Å². The molecule has 1 aliphatic heterocycles. The first-order valence-corrected chi connectivity index (χ1v) is 16.0. The lowest BCUT2D eigenvalue weighted by Gasteiger charge is -2.45. The van der Waals surface area contributed by atoms with Crippen molar-refractivity contribution in [3.8, 4) is 0 Å². The summed E-state index contributed by atoms with van der Waals surface area (Å²) in [7, 11) is 0. The van der Waals surface area contributed by atoms with Crippen molar-refractivity contribution in [2.24, 2.45) is 4.99 Å². The molecule has 6 rings (SSSR count). The van der Waals surface area contributed by atoms with Crippen molar-refractivity contribution in [3.63, 3.8) is 0 Å². The van der Waals surface area contributed by atoms with E-state index in [0.29, 0.717) is 0 Å². The first-order valence-electron chi connectivity index (χ1n) is 14.0. The molecule has 0 spiro atoms. The van der Waals surface area contributed by atoms with Gasteiger partial charge in [-0.2, -0.15) is 11.8 Å². The molecule has 3 heteroatoms. The van der Waals surface area contributed by atoms with Gasteiger partial charge < -0.3 is 0 Å². The highest BCUT2D eigenvalue weighted by atomic mass is 32.2. The maximum Gasteiger partial charge on any atom is 0.0903 e. The van der Waals surface area contributed by atoms with Crippen LogP contribution in [0.3, 0.4) is 0 Å². The smallest absolute Gasteiger partial charge is 0.0903 e. The van der Waals surface area contributed by atoms with Gasteiger partial charge in [-0.1, -0.05) is 140 Å². The minimum Gasteiger partial charge on any atom is -0.245 e. The molecule has 198 valence electrons. The van der Waals surface area contributed by atoms with Crippen molar-refractivity contribution in [3.05, 3.63) is 173 Å². The van der Waals surface area contributed by atoms with Crippen LogP contribution in [-0.4, -0.2) is 16.5 Å². The summed E-state index contributed by atoms with van der Waals surface area (Å²) in [6.45, 7) is 0. The average Bonchev–Trinajstić information content (AvgIpc) is 3.03. The summed E-state index contributed by atoms with van der Waals surface area (Å²) in [4.78, 5) is 5.47. The van der Waals surface area contributed by atoms with Gasteiger partial charge in [0.1, 0.15) is 0 Å². The van der Waals surface area contributed by atoms with Crippen LogP contribution < -0.4 is 0 Å². The Morgan fingerprint density at radius 3 is 1.57 bits per heavy atom. The molecule has 5 aromatic carbocycles. The second-order valence-corrected chi connectivity index (χ2v) is 12.4. The summed E-state index contributed by atoms with van der Waals surface area (Å²) in [5.74, 6) is 2.01. The van der Waals surface area contributed by atoms with Gasteiger partial charge in [0, 0.05) is 5.75 Å². The molecule has 40 heavy (non-hydrogen) atoms. The highest BCUT2D eigenvalue weighted by Gasteiger charge is 2.50. The van der Waals surface area contributed by atoms with Gasteiger partial charge in [0.05, 0.1) is 21.4 Å². The summed E-state index contributed by atoms with van der Waals surface area (Å²) in [6.07, 6.45) is 2.05. The zero-order valence-corrected chi connectivity index (χ0v) is 24.2. The molecule has 0 saturated heterocycles. The molecule has 0 N–H and O–H groups in total. The predicted molar refractivity (Wildman–Crippen MR) is 175 cm³/mol. The number of benzene rings is 5. The standard InChI is InChI=1S/C37H33NS2/c1-5-15-29(16-6-1)25-27-39-35-33-23-13-14-24-34(33)38-36(40-28-26-30-17-7-2-8-18-30)37(35,31-19-9-3-10-20-31)32-21-11-4-12-22-32/h1-24,35H,25-28H2. The molecule has 0 radical (unpaired) electrons. The molecule has 1 aliphatic rings. The Balaban J connectivity index is 1.46. The highest BCUT2D eigenvalue weighted by Crippen LogP contribution is 2.58. The maximum absolute atomic E-state index is 5.47. The number of aliphatic imine (C=N–C) groups is 1. The van der Waals surface area contributed by atoms with Crippen LogP contribution in [0, 0.1) is 0 Å². The van der Waals surface area contributed by atoms with Crippen molar-refractivity contribution >= 4 is 34.3 Å². The lowest BCUT2D eigenvalue weighted by Crippen LogP contribution is -2.42. The van der Waals surface area contributed by atoms with Crippen molar-refractivity contribution in [1.82, 2.24) is 0 Å². The second kappa shape index (κ2) is 12.8. The topological polar surface area (TPSA) is 12.4 Å². The van der Waals surface area contributed by atoms with Crippen molar-refractivity contribution in [1.29, 1.82) is 0 Å². The molecular weight excluding hydrogens is 523 g/mol. The Morgan fingerprint density at radius 1 is 0.525 bits per heavy atom. The third-order valence-corrected chi connectivity index (χ3v) is 10.1. The molecule has 0 amide bonds. The first kappa shape index (κ1) is 26.7. The SMILES string of the molecule is c1ccc(CCSC2=Nc3ccccc3C(SCCc3ccccc3)C2(c2ccccc2)c2ccccc2)cc1.